The summed E-state index contributed by atoms with van der Waals surface area (Å²) in [4.78, 5) is 20.8. The van der Waals surface area contributed by atoms with Crippen LogP contribution in [0.5, 0.6) is 5.75 Å². The average Bonchev–Trinajstić information content (AvgIpc) is 3.03. The second-order valence-corrected chi connectivity index (χ2v) is 8.58. The number of amides is 1. The van der Waals surface area contributed by atoms with Crippen molar-refractivity contribution >= 4 is 68.7 Å². The SMILES string of the molecule is CC1(C)SC(c2nc3c(O)c(Cl)ccc3s2)=NC1C(=O)NS. The molecule has 0 saturated carbocycles. The number of carbonyl (C=O) groups excluding carboxylic acids is 1. The van der Waals surface area contributed by atoms with Crippen molar-refractivity contribution in [2.45, 2.75) is 24.6 Å². The molecule has 2 N–H and O–H groups in total. The topological polar surface area (TPSA) is 74.6 Å². The summed E-state index contributed by atoms with van der Waals surface area (Å²) in [6, 6.07) is 2.91. The van der Waals surface area contributed by atoms with E-state index in [-0.39, 0.29) is 21.4 Å². The molecule has 9 heteroatoms. The first-order valence-electron chi connectivity index (χ1n) is 6.32. The zero-order chi connectivity index (χ0) is 16.1. The number of phenolic OH excluding ortho intramolecular Hbond substituents is 1. The molecule has 0 fully saturated rings. The number of hydrogen-bond acceptors (Lipinski definition) is 7. The summed E-state index contributed by atoms with van der Waals surface area (Å²) in [6.07, 6.45) is 0. The lowest BCUT2D eigenvalue weighted by atomic mass is 10.0. The minimum absolute atomic E-state index is 0.0332. The number of nitrogens with zero attached hydrogens (tertiary/aromatic N) is 2. The summed E-state index contributed by atoms with van der Waals surface area (Å²) in [6.45, 7) is 3.90. The summed E-state index contributed by atoms with van der Waals surface area (Å²) in [5, 5.41) is 11.6. The van der Waals surface area contributed by atoms with Crippen LogP contribution >= 0.6 is 47.5 Å². The third kappa shape index (κ3) is 2.58. The molecule has 0 aliphatic carbocycles. The van der Waals surface area contributed by atoms with Gasteiger partial charge in [0, 0.05) is 4.75 Å². The molecule has 1 aliphatic heterocycles. The van der Waals surface area contributed by atoms with Gasteiger partial charge in [-0.05, 0) is 26.0 Å². The molecule has 22 heavy (non-hydrogen) atoms. The number of carbonyl (C=O) groups is 1. The number of nitrogens with one attached hydrogen (secondary N) is 1. The number of hydrogen-bond donors (Lipinski definition) is 3. The van der Waals surface area contributed by atoms with Crippen LogP contribution in [-0.2, 0) is 4.79 Å². The van der Waals surface area contributed by atoms with Crippen molar-refractivity contribution in [2.24, 2.45) is 4.99 Å². The monoisotopic (exact) mass is 373 g/mol. The first kappa shape index (κ1) is 15.9. The molecule has 116 valence electrons. The minimum atomic E-state index is -0.533. The normalized spacial score (nSPS) is 20.2. The van der Waals surface area contributed by atoms with Crippen LogP contribution in [-0.4, -0.2) is 31.8 Å². The van der Waals surface area contributed by atoms with Gasteiger partial charge in [-0.3, -0.25) is 9.79 Å². The Morgan fingerprint density at radius 3 is 2.91 bits per heavy atom. The number of rotatable bonds is 2. The summed E-state index contributed by atoms with van der Waals surface area (Å²) in [7, 11) is 0. The molecule has 1 aliphatic rings. The van der Waals surface area contributed by atoms with Gasteiger partial charge in [0.25, 0.3) is 5.91 Å². The maximum absolute atomic E-state index is 11.9. The molecular formula is C13H12ClN3O2S3. The Balaban J connectivity index is 2.05. The standard InChI is InChI=1S/C13H12ClN3O2S3/c1-13(2)9(10(19)17-20)16-12(22-13)11-15-7-6(21-11)4-3-5(14)8(7)18/h3-4,9,18,20H,1-2H3,(H,17,19). The van der Waals surface area contributed by atoms with E-state index in [0.717, 1.165) is 4.70 Å². The van der Waals surface area contributed by atoms with Crippen molar-refractivity contribution in [3.8, 4) is 5.75 Å². The summed E-state index contributed by atoms with van der Waals surface area (Å²) >= 11 is 12.6. The first-order chi connectivity index (χ1) is 10.3. The van der Waals surface area contributed by atoms with Crippen molar-refractivity contribution in [1.29, 1.82) is 0 Å². The van der Waals surface area contributed by atoms with E-state index >= 15 is 0 Å². The predicted molar refractivity (Wildman–Crippen MR) is 95.4 cm³/mol. The number of thiazole rings is 1. The van der Waals surface area contributed by atoms with Gasteiger partial charge in [-0.1, -0.05) is 36.2 Å². The van der Waals surface area contributed by atoms with Gasteiger partial charge in [-0.15, -0.1) is 11.3 Å². The second kappa shape index (κ2) is 5.59. The Kier molecular flexibility index (Phi) is 4.05. The average molecular weight is 374 g/mol. The van der Waals surface area contributed by atoms with E-state index in [2.05, 4.69) is 27.5 Å². The number of aliphatic imine (C=N–C) groups is 1. The fraction of sp³-hybridized carbons (Fsp3) is 0.308. The van der Waals surface area contributed by atoms with Crippen molar-refractivity contribution < 1.29 is 9.90 Å². The zero-order valence-corrected chi connectivity index (χ0v) is 14.9. The summed E-state index contributed by atoms with van der Waals surface area (Å²) < 4.78 is 2.77. The van der Waals surface area contributed by atoms with Gasteiger partial charge in [0.05, 0.1) is 9.72 Å². The van der Waals surface area contributed by atoms with Crippen LogP contribution in [0.25, 0.3) is 10.2 Å². The lowest BCUT2D eigenvalue weighted by Gasteiger charge is -2.21. The number of aromatic hydroxyl groups is 1. The number of thioether (sulfide) groups is 1. The van der Waals surface area contributed by atoms with E-state index in [9.17, 15) is 9.90 Å². The number of phenols is 1. The molecule has 3 rings (SSSR count). The van der Waals surface area contributed by atoms with Crippen molar-refractivity contribution in [2.75, 3.05) is 0 Å². The van der Waals surface area contributed by atoms with Gasteiger partial charge in [-0.2, -0.15) is 0 Å². The highest BCUT2D eigenvalue weighted by Gasteiger charge is 2.43. The molecule has 2 heterocycles. The highest BCUT2D eigenvalue weighted by molar-refractivity contribution is 8.16. The maximum Gasteiger partial charge on any atom is 0.255 e. The van der Waals surface area contributed by atoms with Gasteiger partial charge in [0.15, 0.2) is 5.75 Å². The third-order valence-corrected chi connectivity index (χ3v) is 6.21. The Morgan fingerprint density at radius 1 is 1.50 bits per heavy atom. The summed E-state index contributed by atoms with van der Waals surface area (Å²) in [5.74, 6) is -0.281. The van der Waals surface area contributed by atoms with Crippen LogP contribution in [0.3, 0.4) is 0 Å². The highest BCUT2D eigenvalue weighted by Crippen LogP contribution is 2.42. The molecule has 0 saturated heterocycles. The fourth-order valence-electron chi connectivity index (χ4n) is 2.19. The number of halogens is 1. The Bertz CT molecular complexity index is 803. The van der Waals surface area contributed by atoms with Crippen LogP contribution in [0, 0.1) is 0 Å². The molecule has 1 aromatic carbocycles. The van der Waals surface area contributed by atoms with Crippen LogP contribution in [0.2, 0.25) is 5.02 Å². The van der Waals surface area contributed by atoms with Gasteiger partial charge in [-0.25, -0.2) is 4.98 Å². The zero-order valence-electron chi connectivity index (χ0n) is 11.6. The van der Waals surface area contributed by atoms with Crippen molar-refractivity contribution in [3.05, 3.63) is 22.2 Å². The number of fused-ring (bicyclic) bond motifs is 1. The molecular weight excluding hydrogens is 362 g/mol. The van der Waals surface area contributed by atoms with Gasteiger partial charge in [0.1, 0.15) is 21.6 Å². The van der Waals surface area contributed by atoms with Crippen molar-refractivity contribution in [1.82, 2.24) is 9.71 Å². The van der Waals surface area contributed by atoms with Crippen molar-refractivity contribution in [3.63, 3.8) is 0 Å². The number of benzene rings is 1. The van der Waals surface area contributed by atoms with E-state index in [1.54, 1.807) is 6.07 Å². The molecule has 5 nitrogen and oxygen atoms in total. The highest BCUT2D eigenvalue weighted by atomic mass is 35.5. The molecule has 1 atom stereocenters. The molecule has 1 amide bonds. The van der Waals surface area contributed by atoms with E-state index in [1.165, 1.54) is 23.1 Å². The predicted octanol–water partition coefficient (Wildman–Crippen LogP) is 3.26. The van der Waals surface area contributed by atoms with Gasteiger partial charge in [0.2, 0.25) is 0 Å². The number of aromatic nitrogens is 1. The van der Waals surface area contributed by atoms with E-state index < -0.39 is 6.04 Å². The Hall–Kier alpha value is -0.960. The van der Waals surface area contributed by atoms with E-state index in [0.29, 0.717) is 15.6 Å². The summed E-state index contributed by atoms with van der Waals surface area (Å²) in [5.41, 5.74) is 0.454. The molecule has 0 radical (unpaired) electrons. The van der Waals surface area contributed by atoms with Crippen LogP contribution in [0.1, 0.15) is 18.9 Å². The molecule has 0 bridgehead atoms. The Labute approximate surface area is 145 Å². The van der Waals surface area contributed by atoms with Crippen LogP contribution in [0.4, 0.5) is 0 Å². The van der Waals surface area contributed by atoms with Crippen LogP contribution in [0.15, 0.2) is 17.1 Å². The second-order valence-electron chi connectivity index (χ2n) is 5.28. The maximum atomic E-state index is 11.9. The van der Waals surface area contributed by atoms with E-state index in [1.807, 2.05) is 19.9 Å². The van der Waals surface area contributed by atoms with Gasteiger partial charge >= 0.3 is 0 Å². The van der Waals surface area contributed by atoms with Gasteiger partial charge < -0.3 is 9.83 Å². The lowest BCUT2D eigenvalue weighted by Crippen LogP contribution is -2.39. The number of thiol groups is 1. The molecule has 0 spiro atoms. The molecule has 1 aromatic heterocycles. The fourth-order valence-corrected chi connectivity index (χ4v) is 4.63. The van der Waals surface area contributed by atoms with Crippen LogP contribution < -0.4 is 4.72 Å². The Morgan fingerprint density at radius 2 is 2.23 bits per heavy atom. The van der Waals surface area contributed by atoms with E-state index in [4.69, 9.17) is 11.6 Å². The minimum Gasteiger partial charge on any atom is -0.504 e. The quantitative estimate of drug-likeness (QED) is 0.706. The first-order valence-corrected chi connectivity index (χ1v) is 8.78. The molecule has 2 aromatic rings. The lowest BCUT2D eigenvalue weighted by molar-refractivity contribution is -0.120. The molecule has 1 unspecified atom stereocenters. The smallest absolute Gasteiger partial charge is 0.255 e. The third-order valence-electron chi connectivity index (χ3n) is 3.29. The largest absolute Gasteiger partial charge is 0.504 e.